The van der Waals surface area contributed by atoms with E-state index < -0.39 is 5.82 Å². The average Bonchev–Trinajstić information content (AvgIpc) is 3.04. The van der Waals surface area contributed by atoms with Gasteiger partial charge in [-0.3, -0.25) is 15.2 Å². The molecule has 0 aliphatic rings. The summed E-state index contributed by atoms with van der Waals surface area (Å²) in [5.74, 6) is -0.119. The number of amides is 1. The molecule has 9 heteroatoms. The van der Waals surface area contributed by atoms with Gasteiger partial charge in [0.1, 0.15) is 5.82 Å². The van der Waals surface area contributed by atoms with Crippen molar-refractivity contribution in [2.45, 2.75) is 19.8 Å². The molecule has 3 rings (SSSR count). The van der Waals surface area contributed by atoms with Gasteiger partial charge < -0.3 is 0 Å². The molecule has 2 N–H and O–H groups in total. The summed E-state index contributed by atoms with van der Waals surface area (Å²) in [6.45, 7) is 1.87. The summed E-state index contributed by atoms with van der Waals surface area (Å²) in [5.41, 5.74) is 2.32. The summed E-state index contributed by atoms with van der Waals surface area (Å²) in [4.78, 5) is 16.2. The van der Waals surface area contributed by atoms with E-state index in [0.717, 1.165) is 11.1 Å². The van der Waals surface area contributed by atoms with Crippen LogP contribution in [-0.4, -0.2) is 31.3 Å². The number of aromatic nitrogens is 5. The van der Waals surface area contributed by atoms with E-state index in [1.165, 1.54) is 12.1 Å². The van der Waals surface area contributed by atoms with E-state index >= 15 is 0 Å². The maximum Gasteiger partial charge on any atom is 0.249 e. The second kappa shape index (κ2) is 7.35. The number of nitrogens with one attached hydrogen (secondary N) is 2. The molecule has 0 saturated heterocycles. The fourth-order valence-electron chi connectivity index (χ4n) is 2.21. The first-order valence-corrected chi connectivity index (χ1v) is 7.84. The molecule has 1 amide bonds. The first kappa shape index (κ1) is 17.0. The lowest BCUT2D eigenvalue weighted by atomic mass is 10.1. The van der Waals surface area contributed by atoms with Crippen molar-refractivity contribution in [1.82, 2.24) is 25.4 Å². The van der Waals surface area contributed by atoms with Gasteiger partial charge >= 0.3 is 0 Å². The van der Waals surface area contributed by atoms with E-state index in [1.807, 2.05) is 6.92 Å². The standard InChI is InChI=1S/C16H14ClFN6O/c1-9-7-19-20-8-11(9)15-22-16(24-23-15)21-14(25)5-3-10-2-4-12(17)13(18)6-10/h2,4,6-8H,3,5H2,1H3,(H2,21,22,23,24,25). The van der Waals surface area contributed by atoms with Crippen LogP contribution in [0.5, 0.6) is 0 Å². The van der Waals surface area contributed by atoms with Gasteiger partial charge in [0, 0.05) is 12.0 Å². The van der Waals surface area contributed by atoms with Gasteiger partial charge in [0.2, 0.25) is 11.9 Å². The van der Waals surface area contributed by atoms with Crippen LogP contribution in [0.3, 0.4) is 0 Å². The third kappa shape index (κ3) is 4.16. The third-order valence-corrected chi connectivity index (χ3v) is 3.85. The monoisotopic (exact) mass is 360 g/mol. The van der Waals surface area contributed by atoms with Crippen molar-refractivity contribution in [1.29, 1.82) is 0 Å². The van der Waals surface area contributed by atoms with E-state index in [0.29, 0.717) is 17.8 Å². The van der Waals surface area contributed by atoms with Crippen LogP contribution in [-0.2, 0) is 11.2 Å². The molecule has 0 aliphatic carbocycles. The number of rotatable bonds is 5. The van der Waals surface area contributed by atoms with E-state index in [-0.39, 0.29) is 23.3 Å². The lowest BCUT2D eigenvalue weighted by Gasteiger charge is -2.03. The quantitative estimate of drug-likeness (QED) is 0.729. The summed E-state index contributed by atoms with van der Waals surface area (Å²) in [6.07, 6.45) is 3.73. The van der Waals surface area contributed by atoms with Gasteiger partial charge in [-0.05, 0) is 36.6 Å². The van der Waals surface area contributed by atoms with E-state index in [9.17, 15) is 9.18 Å². The lowest BCUT2D eigenvalue weighted by Crippen LogP contribution is -2.13. The molecule has 2 aromatic heterocycles. The smallest absolute Gasteiger partial charge is 0.249 e. The molecule has 0 fully saturated rings. The van der Waals surface area contributed by atoms with Crippen LogP contribution in [0.4, 0.5) is 10.3 Å². The fourth-order valence-corrected chi connectivity index (χ4v) is 2.33. The predicted molar refractivity (Wildman–Crippen MR) is 90.5 cm³/mol. The zero-order chi connectivity index (χ0) is 17.8. The van der Waals surface area contributed by atoms with Crippen molar-refractivity contribution < 1.29 is 9.18 Å². The first-order valence-electron chi connectivity index (χ1n) is 7.47. The third-order valence-electron chi connectivity index (χ3n) is 3.55. The number of H-pyrrole nitrogens is 1. The van der Waals surface area contributed by atoms with E-state index in [2.05, 4.69) is 30.7 Å². The van der Waals surface area contributed by atoms with Crippen LogP contribution < -0.4 is 5.32 Å². The minimum atomic E-state index is -0.500. The molecule has 0 aliphatic heterocycles. The highest BCUT2D eigenvalue weighted by Crippen LogP contribution is 2.19. The average molecular weight is 361 g/mol. The topological polar surface area (TPSA) is 96.5 Å². The van der Waals surface area contributed by atoms with Crippen LogP contribution in [0.1, 0.15) is 17.5 Å². The Morgan fingerprint density at radius 3 is 2.88 bits per heavy atom. The molecule has 0 unspecified atom stereocenters. The van der Waals surface area contributed by atoms with E-state index in [4.69, 9.17) is 11.6 Å². The number of aryl methyl sites for hydroxylation is 2. The Hall–Kier alpha value is -2.87. The zero-order valence-electron chi connectivity index (χ0n) is 13.3. The van der Waals surface area contributed by atoms with Gasteiger partial charge in [0.05, 0.1) is 17.4 Å². The molecular formula is C16H14ClFN6O. The Morgan fingerprint density at radius 2 is 2.12 bits per heavy atom. The molecule has 3 aromatic rings. The Bertz CT molecular complexity index is 913. The lowest BCUT2D eigenvalue weighted by molar-refractivity contribution is -0.116. The van der Waals surface area contributed by atoms with Crippen LogP contribution in [0.15, 0.2) is 30.6 Å². The molecule has 0 atom stereocenters. The van der Waals surface area contributed by atoms with Crippen molar-refractivity contribution in [3.8, 4) is 11.4 Å². The van der Waals surface area contributed by atoms with Crippen LogP contribution in [0, 0.1) is 12.7 Å². The van der Waals surface area contributed by atoms with Gasteiger partial charge in [-0.25, -0.2) is 4.39 Å². The minimum absolute atomic E-state index is 0.0577. The van der Waals surface area contributed by atoms with Gasteiger partial charge in [0.25, 0.3) is 0 Å². The SMILES string of the molecule is Cc1cnncc1-c1nc(NC(=O)CCc2ccc(Cl)c(F)c2)n[nH]1. The van der Waals surface area contributed by atoms with Gasteiger partial charge in [-0.15, -0.1) is 5.10 Å². The van der Waals surface area contributed by atoms with Crippen molar-refractivity contribution in [2.75, 3.05) is 5.32 Å². The number of aromatic amines is 1. The summed E-state index contributed by atoms with van der Waals surface area (Å²) >= 11 is 5.63. The Labute approximate surface area is 147 Å². The Kier molecular flexibility index (Phi) is 4.99. The molecule has 25 heavy (non-hydrogen) atoms. The highest BCUT2D eigenvalue weighted by atomic mass is 35.5. The molecule has 128 valence electrons. The fraction of sp³-hybridized carbons (Fsp3) is 0.188. The number of hydrogen-bond donors (Lipinski definition) is 2. The summed E-state index contributed by atoms with van der Waals surface area (Å²) in [5, 5.41) is 16.9. The first-order chi connectivity index (χ1) is 12.0. The van der Waals surface area contributed by atoms with Crippen molar-refractivity contribution >= 4 is 23.5 Å². The molecule has 0 radical (unpaired) electrons. The maximum atomic E-state index is 13.4. The Morgan fingerprint density at radius 1 is 1.32 bits per heavy atom. The number of nitrogens with zero attached hydrogens (tertiary/aromatic N) is 4. The van der Waals surface area contributed by atoms with Gasteiger partial charge in [0.15, 0.2) is 5.82 Å². The van der Waals surface area contributed by atoms with Gasteiger partial charge in [-0.2, -0.15) is 15.2 Å². The molecule has 0 saturated carbocycles. The molecule has 0 bridgehead atoms. The number of carbonyl (C=O) groups is 1. The molecule has 0 spiro atoms. The molecule has 2 heterocycles. The van der Waals surface area contributed by atoms with Crippen LogP contribution in [0.2, 0.25) is 5.02 Å². The summed E-state index contributed by atoms with van der Waals surface area (Å²) < 4.78 is 13.4. The zero-order valence-corrected chi connectivity index (χ0v) is 14.0. The van der Waals surface area contributed by atoms with Crippen molar-refractivity contribution in [3.63, 3.8) is 0 Å². The van der Waals surface area contributed by atoms with Gasteiger partial charge in [-0.1, -0.05) is 17.7 Å². The Balaban J connectivity index is 1.60. The number of anilines is 1. The van der Waals surface area contributed by atoms with Crippen molar-refractivity contribution in [3.05, 3.63) is 52.6 Å². The largest absolute Gasteiger partial charge is 0.293 e. The second-order valence-electron chi connectivity index (χ2n) is 5.39. The number of halogens is 2. The molecular weight excluding hydrogens is 347 g/mol. The highest BCUT2D eigenvalue weighted by Gasteiger charge is 2.11. The molecule has 1 aromatic carbocycles. The van der Waals surface area contributed by atoms with Crippen molar-refractivity contribution in [2.24, 2.45) is 0 Å². The van der Waals surface area contributed by atoms with Crippen LogP contribution in [0.25, 0.3) is 11.4 Å². The number of hydrogen-bond acceptors (Lipinski definition) is 5. The maximum absolute atomic E-state index is 13.4. The molecule has 7 nitrogen and oxygen atoms in total. The number of benzene rings is 1. The second-order valence-corrected chi connectivity index (χ2v) is 5.80. The number of carbonyl (C=O) groups excluding carboxylic acids is 1. The minimum Gasteiger partial charge on any atom is -0.293 e. The summed E-state index contributed by atoms with van der Waals surface area (Å²) in [7, 11) is 0. The predicted octanol–water partition coefficient (Wildman–Crippen LogP) is 2.93. The summed E-state index contributed by atoms with van der Waals surface area (Å²) in [6, 6.07) is 4.47. The normalized spacial score (nSPS) is 10.7. The highest BCUT2D eigenvalue weighted by molar-refractivity contribution is 6.30. The van der Waals surface area contributed by atoms with Crippen LogP contribution >= 0.6 is 11.6 Å². The van der Waals surface area contributed by atoms with E-state index in [1.54, 1.807) is 18.5 Å².